The molecular formula is C32H35N5O2S. The molecule has 0 amide bonds. The molecule has 3 aromatic carbocycles. The van der Waals surface area contributed by atoms with Gasteiger partial charge in [0.05, 0.1) is 11.1 Å². The number of fused-ring (bicyclic) bond motifs is 3. The van der Waals surface area contributed by atoms with E-state index in [0.29, 0.717) is 11.6 Å². The zero-order valence-electron chi connectivity index (χ0n) is 22.9. The molecule has 1 unspecified atom stereocenters. The van der Waals surface area contributed by atoms with Crippen LogP contribution in [0.1, 0.15) is 41.0 Å². The molecule has 0 radical (unpaired) electrons. The average Bonchev–Trinajstić information content (AvgIpc) is 2.96. The molecule has 2 N–H and O–H groups in total. The first-order valence-corrected chi connectivity index (χ1v) is 15.1. The second-order valence-electron chi connectivity index (χ2n) is 10.3. The van der Waals surface area contributed by atoms with Crippen molar-refractivity contribution < 1.29 is 8.42 Å². The van der Waals surface area contributed by atoms with Crippen LogP contribution in [0.4, 0.5) is 11.6 Å². The minimum atomic E-state index is -3.63. The zero-order chi connectivity index (χ0) is 28.0. The molecule has 1 aliphatic rings. The second kappa shape index (κ2) is 12.4. The number of nitrogens with zero attached hydrogens (tertiary/aromatic N) is 3. The lowest BCUT2D eigenvalue weighted by molar-refractivity contribution is 0.396. The molecule has 5 rings (SSSR count). The lowest BCUT2D eigenvalue weighted by Gasteiger charge is -2.27. The maximum Gasteiger partial charge on any atom is 0.255 e. The monoisotopic (exact) mass is 553 g/mol. The van der Waals surface area contributed by atoms with Crippen molar-refractivity contribution >= 4 is 27.7 Å². The van der Waals surface area contributed by atoms with Crippen molar-refractivity contribution in [2.45, 2.75) is 25.2 Å². The van der Waals surface area contributed by atoms with E-state index < -0.39 is 10.0 Å². The molecule has 1 aliphatic carbocycles. The summed E-state index contributed by atoms with van der Waals surface area (Å²) in [7, 11) is 0.547. The molecule has 1 atom stereocenters. The fraction of sp³-hybridized carbons (Fsp3) is 0.250. The van der Waals surface area contributed by atoms with E-state index in [4.69, 9.17) is 4.98 Å². The van der Waals surface area contributed by atoms with Crippen LogP contribution in [0.3, 0.4) is 0 Å². The Balaban J connectivity index is 1.29. The zero-order valence-corrected chi connectivity index (χ0v) is 23.7. The summed E-state index contributed by atoms with van der Waals surface area (Å²) in [6.07, 6.45) is 6.49. The fourth-order valence-electron chi connectivity index (χ4n) is 4.99. The number of benzene rings is 3. The van der Waals surface area contributed by atoms with Gasteiger partial charge in [-0.2, -0.15) is 0 Å². The Bertz CT molecular complexity index is 1570. The maximum atomic E-state index is 12.6. The Kier molecular flexibility index (Phi) is 8.57. The van der Waals surface area contributed by atoms with Crippen LogP contribution in [-0.4, -0.2) is 50.5 Å². The largest absolute Gasteiger partial charge is 0.354 e. The Morgan fingerprint density at radius 1 is 0.950 bits per heavy atom. The van der Waals surface area contributed by atoms with Gasteiger partial charge in [0, 0.05) is 29.9 Å². The Hall–Kier alpha value is -4.01. The smallest absolute Gasteiger partial charge is 0.255 e. The third-order valence-corrected chi connectivity index (χ3v) is 8.02. The minimum Gasteiger partial charge on any atom is -0.354 e. The third-order valence-electron chi connectivity index (χ3n) is 7.01. The van der Waals surface area contributed by atoms with E-state index >= 15 is 0 Å². The van der Waals surface area contributed by atoms with Gasteiger partial charge in [-0.15, -0.1) is 0 Å². The van der Waals surface area contributed by atoms with E-state index in [1.807, 2.05) is 66.9 Å². The number of sulfonamides is 1. The molecule has 206 valence electrons. The molecule has 1 aromatic heterocycles. The maximum absolute atomic E-state index is 12.6. The first kappa shape index (κ1) is 27.6. The summed E-state index contributed by atoms with van der Waals surface area (Å²) in [5.74, 6) is 0.788. The summed E-state index contributed by atoms with van der Waals surface area (Å²) in [6, 6.07) is 25.4. The van der Waals surface area contributed by atoms with Crippen LogP contribution in [0.15, 0.2) is 90.5 Å². The highest BCUT2D eigenvalue weighted by Crippen LogP contribution is 2.42. The van der Waals surface area contributed by atoms with Crippen LogP contribution >= 0.6 is 0 Å². The predicted octanol–water partition coefficient (Wildman–Crippen LogP) is 6.00. The molecule has 0 saturated heterocycles. The highest BCUT2D eigenvalue weighted by Gasteiger charge is 2.27. The van der Waals surface area contributed by atoms with E-state index in [-0.39, 0.29) is 5.92 Å². The van der Waals surface area contributed by atoms with Crippen molar-refractivity contribution in [3.05, 3.63) is 113 Å². The van der Waals surface area contributed by atoms with Gasteiger partial charge in [-0.25, -0.2) is 18.4 Å². The molecule has 0 spiro atoms. The summed E-state index contributed by atoms with van der Waals surface area (Å²) in [6.45, 7) is 1.91. The summed E-state index contributed by atoms with van der Waals surface area (Å²) < 4.78 is 27.8. The van der Waals surface area contributed by atoms with Gasteiger partial charge in [0.2, 0.25) is 5.95 Å². The highest BCUT2D eigenvalue weighted by molar-refractivity contribution is 7.95. The van der Waals surface area contributed by atoms with Gasteiger partial charge in [-0.3, -0.25) is 4.72 Å². The lowest BCUT2D eigenvalue weighted by atomic mass is 9.78. The van der Waals surface area contributed by atoms with Crippen LogP contribution in [0.25, 0.3) is 17.3 Å². The number of anilines is 2. The fourth-order valence-corrected chi connectivity index (χ4v) is 5.85. The van der Waals surface area contributed by atoms with Crippen molar-refractivity contribution in [3.63, 3.8) is 0 Å². The number of hydrogen-bond donors (Lipinski definition) is 2. The van der Waals surface area contributed by atoms with Crippen LogP contribution in [0.2, 0.25) is 0 Å². The van der Waals surface area contributed by atoms with Gasteiger partial charge < -0.3 is 10.2 Å². The lowest BCUT2D eigenvalue weighted by Crippen LogP contribution is -2.16. The Morgan fingerprint density at radius 2 is 1.70 bits per heavy atom. The number of unbranched alkanes of at least 4 members (excludes halogenated alkanes) is 1. The van der Waals surface area contributed by atoms with Crippen molar-refractivity contribution in [1.29, 1.82) is 0 Å². The SMILES string of the molecule is CN(C)CCCCNc1ncc2c(n1)-c1ccccc1C(c1ccc(NS(=O)(=O)C=Cc3ccccc3)cc1)C2. The van der Waals surface area contributed by atoms with E-state index in [9.17, 15) is 8.42 Å². The van der Waals surface area contributed by atoms with E-state index in [1.165, 1.54) is 11.0 Å². The number of rotatable bonds is 11. The highest BCUT2D eigenvalue weighted by atomic mass is 32.2. The summed E-state index contributed by atoms with van der Waals surface area (Å²) in [5.41, 5.74) is 6.88. The van der Waals surface area contributed by atoms with Crippen LogP contribution in [-0.2, 0) is 16.4 Å². The minimum absolute atomic E-state index is 0.126. The van der Waals surface area contributed by atoms with Crippen LogP contribution < -0.4 is 10.0 Å². The van der Waals surface area contributed by atoms with E-state index in [2.05, 4.69) is 52.2 Å². The van der Waals surface area contributed by atoms with Gasteiger partial charge in [-0.1, -0.05) is 66.7 Å². The van der Waals surface area contributed by atoms with Gasteiger partial charge >= 0.3 is 0 Å². The molecule has 8 heteroatoms. The van der Waals surface area contributed by atoms with Gasteiger partial charge in [0.15, 0.2) is 0 Å². The topological polar surface area (TPSA) is 87.2 Å². The van der Waals surface area contributed by atoms with Crippen molar-refractivity contribution in [3.8, 4) is 11.3 Å². The van der Waals surface area contributed by atoms with Crippen LogP contribution in [0, 0.1) is 0 Å². The van der Waals surface area contributed by atoms with Crippen molar-refractivity contribution in [2.24, 2.45) is 0 Å². The number of nitrogens with one attached hydrogen (secondary N) is 2. The molecule has 0 bridgehead atoms. The Morgan fingerprint density at radius 3 is 2.48 bits per heavy atom. The predicted molar refractivity (Wildman–Crippen MR) is 164 cm³/mol. The summed E-state index contributed by atoms with van der Waals surface area (Å²) in [5, 5.41) is 4.58. The van der Waals surface area contributed by atoms with Gasteiger partial charge in [0.25, 0.3) is 10.0 Å². The molecule has 0 aliphatic heterocycles. The van der Waals surface area contributed by atoms with E-state index in [1.54, 1.807) is 6.08 Å². The molecule has 0 fully saturated rings. The quantitative estimate of drug-likeness (QED) is 0.222. The molecule has 7 nitrogen and oxygen atoms in total. The van der Waals surface area contributed by atoms with Crippen molar-refractivity contribution in [1.82, 2.24) is 14.9 Å². The average molecular weight is 554 g/mol. The molecule has 4 aromatic rings. The van der Waals surface area contributed by atoms with Gasteiger partial charge in [0.1, 0.15) is 0 Å². The number of aromatic nitrogens is 2. The van der Waals surface area contributed by atoms with Crippen LogP contribution in [0.5, 0.6) is 0 Å². The first-order chi connectivity index (χ1) is 19.4. The third kappa shape index (κ3) is 6.94. The van der Waals surface area contributed by atoms with Gasteiger partial charge in [-0.05, 0) is 80.4 Å². The molecule has 40 heavy (non-hydrogen) atoms. The molecular weight excluding hydrogens is 518 g/mol. The van der Waals surface area contributed by atoms with Crippen molar-refractivity contribution in [2.75, 3.05) is 37.2 Å². The normalized spacial score (nSPS) is 14.6. The summed E-state index contributed by atoms with van der Waals surface area (Å²) >= 11 is 0. The van der Waals surface area contributed by atoms with E-state index in [0.717, 1.165) is 60.3 Å². The standard InChI is InChI=1S/C32H35N5O2S/c1-37(2)20-9-8-19-33-32-34-23-26-22-30(28-12-6-7-13-29(28)31(26)35-32)25-14-16-27(17-15-25)36-40(38,39)21-18-24-10-4-3-5-11-24/h3-7,10-18,21,23,30,36H,8-9,19-20,22H2,1-2H3,(H,33,34,35). The Labute approximate surface area is 237 Å². The summed E-state index contributed by atoms with van der Waals surface area (Å²) in [4.78, 5) is 11.7. The number of hydrogen-bond acceptors (Lipinski definition) is 6. The second-order valence-corrected chi connectivity index (χ2v) is 11.9. The molecule has 1 heterocycles. The molecule has 0 saturated carbocycles. The first-order valence-electron chi connectivity index (χ1n) is 13.6.